The number of nitrogens with zero attached hydrogens (tertiary/aromatic N) is 5. The molecule has 3 N–H and O–H groups in total. The molecule has 0 spiro atoms. The van der Waals surface area contributed by atoms with E-state index in [0.717, 1.165) is 30.7 Å². The molecule has 0 bridgehead atoms. The Balaban J connectivity index is 1.49. The highest BCUT2D eigenvalue weighted by Gasteiger charge is 2.31. The lowest BCUT2D eigenvalue weighted by Crippen LogP contribution is -2.38. The first kappa shape index (κ1) is 24.2. The number of imidazole rings is 1. The number of carbonyl (C=O) groups excluding carboxylic acids is 2. The van der Waals surface area contributed by atoms with E-state index in [1.165, 1.54) is 6.26 Å². The minimum atomic E-state index is -0.310. The lowest BCUT2D eigenvalue weighted by molar-refractivity contribution is -0.130. The van der Waals surface area contributed by atoms with Crippen LogP contribution < -0.4 is 11.1 Å². The van der Waals surface area contributed by atoms with E-state index in [2.05, 4.69) is 15.5 Å². The first-order chi connectivity index (χ1) is 18.1. The van der Waals surface area contributed by atoms with Gasteiger partial charge in [-0.1, -0.05) is 23.4 Å². The summed E-state index contributed by atoms with van der Waals surface area (Å²) in [6.07, 6.45) is 10.8. The van der Waals surface area contributed by atoms with E-state index in [4.69, 9.17) is 20.0 Å². The number of anilines is 2. The van der Waals surface area contributed by atoms with Gasteiger partial charge in [0, 0.05) is 49.3 Å². The van der Waals surface area contributed by atoms with Crippen LogP contribution in [0.3, 0.4) is 0 Å². The van der Waals surface area contributed by atoms with Crippen LogP contribution in [0.1, 0.15) is 41.5 Å². The SMILES string of the molecule is COCC=CC(=O)N1CCCC[C@H]1c1nc(-c2ccc(C(=O)Nc3ccon3)cc2)c2c(N)nccn12. The molecule has 1 aliphatic rings. The van der Waals surface area contributed by atoms with Gasteiger partial charge in [0.1, 0.15) is 29.1 Å². The Bertz CT molecular complexity index is 1430. The second-order valence-electron chi connectivity index (χ2n) is 8.67. The van der Waals surface area contributed by atoms with Gasteiger partial charge >= 0.3 is 0 Å². The molecule has 0 saturated carbocycles. The third kappa shape index (κ3) is 4.94. The van der Waals surface area contributed by atoms with Crippen molar-refractivity contribution in [1.82, 2.24) is 24.4 Å². The van der Waals surface area contributed by atoms with Crippen LogP contribution in [0.4, 0.5) is 11.6 Å². The van der Waals surface area contributed by atoms with Crippen LogP contribution in [0.25, 0.3) is 16.8 Å². The van der Waals surface area contributed by atoms with E-state index in [9.17, 15) is 9.59 Å². The van der Waals surface area contributed by atoms with Gasteiger partial charge in [-0.3, -0.25) is 14.0 Å². The number of aromatic nitrogens is 4. The maximum Gasteiger partial charge on any atom is 0.256 e. The fourth-order valence-corrected chi connectivity index (χ4v) is 4.57. The van der Waals surface area contributed by atoms with Gasteiger partial charge in [-0.2, -0.15) is 0 Å². The van der Waals surface area contributed by atoms with Crippen LogP contribution in [0, 0.1) is 0 Å². The van der Waals surface area contributed by atoms with Crippen molar-refractivity contribution < 1.29 is 18.8 Å². The van der Waals surface area contributed by atoms with Crippen molar-refractivity contribution in [2.45, 2.75) is 25.3 Å². The zero-order chi connectivity index (χ0) is 25.8. The molecule has 37 heavy (non-hydrogen) atoms. The summed E-state index contributed by atoms with van der Waals surface area (Å²) in [5, 5.41) is 6.37. The number of hydrogen-bond donors (Lipinski definition) is 2. The number of likely N-dealkylation sites (tertiary alicyclic amines) is 1. The van der Waals surface area contributed by atoms with Crippen LogP contribution in [0.15, 0.2) is 65.7 Å². The second kappa shape index (κ2) is 10.6. The Morgan fingerprint density at radius 1 is 1.24 bits per heavy atom. The Kier molecular flexibility index (Phi) is 6.95. The van der Waals surface area contributed by atoms with Gasteiger partial charge in [-0.05, 0) is 31.4 Å². The van der Waals surface area contributed by atoms with Crippen molar-refractivity contribution in [2.24, 2.45) is 0 Å². The molecule has 0 unspecified atom stereocenters. The number of nitrogens with two attached hydrogens (primary N) is 1. The number of piperidine rings is 1. The van der Waals surface area contributed by atoms with Gasteiger partial charge in [-0.25, -0.2) is 9.97 Å². The molecule has 2 amide bonds. The molecule has 0 radical (unpaired) electrons. The summed E-state index contributed by atoms with van der Waals surface area (Å²) in [6, 6.07) is 8.39. The van der Waals surface area contributed by atoms with Gasteiger partial charge in [0.2, 0.25) is 5.91 Å². The van der Waals surface area contributed by atoms with Gasteiger partial charge < -0.3 is 25.2 Å². The minimum absolute atomic E-state index is 0.0791. The second-order valence-corrected chi connectivity index (χ2v) is 8.67. The monoisotopic (exact) mass is 501 g/mol. The number of nitrogens with one attached hydrogen (secondary N) is 1. The summed E-state index contributed by atoms with van der Waals surface area (Å²) < 4.78 is 11.7. The largest absolute Gasteiger partial charge is 0.382 e. The molecule has 11 nitrogen and oxygen atoms in total. The molecule has 0 aliphatic carbocycles. The summed E-state index contributed by atoms with van der Waals surface area (Å²) in [6.45, 7) is 1.01. The molecule has 11 heteroatoms. The number of rotatable bonds is 7. The summed E-state index contributed by atoms with van der Waals surface area (Å²) in [5.74, 6) is 0.999. The van der Waals surface area contributed by atoms with Crippen LogP contribution in [0.2, 0.25) is 0 Å². The summed E-state index contributed by atoms with van der Waals surface area (Å²) in [7, 11) is 1.59. The van der Waals surface area contributed by atoms with Crippen molar-refractivity contribution >= 4 is 29.0 Å². The molecule has 5 rings (SSSR count). The molecular weight excluding hydrogens is 474 g/mol. The number of benzene rings is 1. The van der Waals surface area contributed by atoms with Crippen LogP contribution in [-0.4, -0.2) is 56.5 Å². The minimum Gasteiger partial charge on any atom is -0.382 e. The Morgan fingerprint density at radius 2 is 2.08 bits per heavy atom. The number of fused-ring (bicyclic) bond motifs is 1. The molecular formula is C26H27N7O4. The first-order valence-electron chi connectivity index (χ1n) is 12.0. The third-order valence-electron chi connectivity index (χ3n) is 6.32. The molecule has 1 fully saturated rings. The summed E-state index contributed by atoms with van der Waals surface area (Å²) in [5.41, 5.74) is 8.83. The highest BCUT2D eigenvalue weighted by Crippen LogP contribution is 2.36. The number of nitrogen functional groups attached to an aromatic ring is 1. The molecule has 1 atom stereocenters. The lowest BCUT2D eigenvalue weighted by Gasteiger charge is -2.34. The topological polar surface area (TPSA) is 141 Å². The van der Waals surface area contributed by atoms with Crippen molar-refractivity contribution in [3.8, 4) is 11.3 Å². The zero-order valence-corrected chi connectivity index (χ0v) is 20.3. The summed E-state index contributed by atoms with van der Waals surface area (Å²) >= 11 is 0. The predicted molar refractivity (Wildman–Crippen MR) is 137 cm³/mol. The van der Waals surface area contributed by atoms with Crippen LogP contribution in [0.5, 0.6) is 0 Å². The quantitative estimate of drug-likeness (QED) is 0.367. The standard InChI is InChI=1S/C26H27N7O4/c1-36-15-4-6-21(34)32-13-3-2-5-19(32)25-30-22(23-24(27)28-12-14-33(23)25)17-7-9-18(10-8-17)26(35)29-20-11-16-37-31-20/h4,6-12,14,16,19H,2-3,5,13,15H2,1H3,(H2,27,28)(H,29,31,35)/t19-/m0/s1. The Labute approximate surface area is 212 Å². The molecule has 4 aromatic rings. The van der Waals surface area contributed by atoms with E-state index < -0.39 is 0 Å². The Morgan fingerprint density at radius 3 is 2.84 bits per heavy atom. The van der Waals surface area contributed by atoms with E-state index in [-0.39, 0.29) is 17.9 Å². The van der Waals surface area contributed by atoms with Gasteiger partial charge in [-0.15, -0.1) is 0 Å². The molecule has 1 saturated heterocycles. The van der Waals surface area contributed by atoms with Crippen molar-refractivity contribution in [3.05, 3.63) is 72.5 Å². The zero-order valence-electron chi connectivity index (χ0n) is 20.3. The number of carbonyl (C=O) groups is 2. The fraction of sp³-hybridized carbons (Fsp3) is 0.269. The fourth-order valence-electron chi connectivity index (χ4n) is 4.57. The van der Waals surface area contributed by atoms with Crippen LogP contribution in [-0.2, 0) is 9.53 Å². The number of hydrogen-bond acceptors (Lipinski definition) is 8. The molecule has 1 aliphatic heterocycles. The average Bonchev–Trinajstić information content (AvgIpc) is 3.57. The number of ether oxygens (including phenoxy) is 1. The van der Waals surface area contributed by atoms with Crippen molar-refractivity contribution in [2.75, 3.05) is 31.3 Å². The van der Waals surface area contributed by atoms with Crippen molar-refractivity contribution in [1.29, 1.82) is 0 Å². The summed E-state index contributed by atoms with van der Waals surface area (Å²) in [4.78, 5) is 36.7. The first-order valence-corrected chi connectivity index (χ1v) is 12.0. The highest BCUT2D eigenvalue weighted by atomic mass is 16.5. The number of methoxy groups -OCH3 is 1. The van der Waals surface area contributed by atoms with E-state index in [0.29, 0.717) is 41.6 Å². The van der Waals surface area contributed by atoms with Crippen LogP contribution >= 0.6 is 0 Å². The maximum atomic E-state index is 13.0. The van der Waals surface area contributed by atoms with Gasteiger partial charge in [0.05, 0.1) is 12.6 Å². The number of amides is 2. The average molecular weight is 502 g/mol. The maximum absolute atomic E-state index is 13.0. The molecule has 4 heterocycles. The molecule has 1 aromatic carbocycles. The third-order valence-corrected chi connectivity index (χ3v) is 6.32. The van der Waals surface area contributed by atoms with Gasteiger partial charge in [0.25, 0.3) is 5.91 Å². The molecule has 190 valence electrons. The molecule has 3 aromatic heterocycles. The van der Waals surface area contributed by atoms with Gasteiger partial charge in [0.15, 0.2) is 5.82 Å². The predicted octanol–water partition coefficient (Wildman–Crippen LogP) is 3.48. The van der Waals surface area contributed by atoms with E-state index in [1.807, 2.05) is 27.6 Å². The lowest BCUT2D eigenvalue weighted by atomic mass is 10.0. The van der Waals surface area contributed by atoms with E-state index in [1.54, 1.807) is 43.7 Å². The normalized spacial score (nSPS) is 15.9. The highest BCUT2D eigenvalue weighted by molar-refractivity contribution is 6.04. The van der Waals surface area contributed by atoms with E-state index >= 15 is 0 Å². The Hall–Kier alpha value is -4.51. The smallest absolute Gasteiger partial charge is 0.256 e. The van der Waals surface area contributed by atoms with Crippen molar-refractivity contribution in [3.63, 3.8) is 0 Å².